The molecule has 0 aliphatic heterocycles. The van der Waals surface area contributed by atoms with Crippen LogP contribution in [-0.2, 0) is 9.59 Å². The Hall–Kier alpha value is -0.960. The maximum Gasteiger partial charge on any atom is 0.158 e. The van der Waals surface area contributed by atoms with Crippen molar-refractivity contribution in [1.82, 2.24) is 0 Å². The molecule has 0 amide bonds. The fourth-order valence-electron chi connectivity index (χ4n) is 6.72. The van der Waals surface area contributed by atoms with Gasteiger partial charge in [-0.15, -0.1) is 0 Å². The van der Waals surface area contributed by atoms with Gasteiger partial charge in [0.05, 0.1) is 6.10 Å². The Morgan fingerprint density at radius 3 is 2.57 bits per heavy atom. The molecule has 3 nitrogen and oxygen atoms in total. The molecule has 0 saturated heterocycles. The van der Waals surface area contributed by atoms with Crippen LogP contribution in [0.15, 0.2) is 11.6 Å². The van der Waals surface area contributed by atoms with Crippen LogP contribution in [0.25, 0.3) is 0 Å². The quantitative estimate of drug-likeness (QED) is 0.746. The van der Waals surface area contributed by atoms with E-state index in [2.05, 4.69) is 13.8 Å². The van der Waals surface area contributed by atoms with E-state index in [1.54, 1.807) is 6.08 Å². The van der Waals surface area contributed by atoms with Gasteiger partial charge in [-0.05, 0) is 66.9 Å². The van der Waals surface area contributed by atoms with E-state index < -0.39 is 6.10 Å². The highest BCUT2D eigenvalue weighted by molar-refractivity contribution is 5.93. The number of hydrogen-bond acceptors (Lipinski definition) is 3. The van der Waals surface area contributed by atoms with Crippen molar-refractivity contribution < 1.29 is 14.7 Å². The van der Waals surface area contributed by atoms with Crippen LogP contribution in [0.3, 0.4) is 0 Å². The first-order valence-electron chi connectivity index (χ1n) is 9.24. The minimum absolute atomic E-state index is 0.0493. The van der Waals surface area contributed by atoms with Gasteiger partial charge in [-0.1, -0.05) is 20.8 Å². The van der Waals surface area contributed by atoms with Crippen LogP contribution in [0.5, 0.6) is 0 Å². The molecule has 0 unspecified atom stereocenters. The molecule has 3 fully saturated rings. The zero-order valence-corrected chi connectivity index (χ0v) is 14.5. The molecular weight excluding hydrogens is 288 g/mol. The van der Waals surface area contributed by atoms with E-state index in [4.69, 9.17) is 0 Å². The Morgan fingerprint density at radius 2 is 1.83 bits per heavy atom. The number of fused-ring (bicyclic) bond motifs is 5. The van der Waals surface area contributed by atoms with Gasteiger partial charge in [0, 0.05) is 17.8 Å². The Balaban J connectivity index is 1.75. The summed E-state index contributed by atoms with van der Waals surface area (Å²) in [7, 11) is 0. The molecule has 4 rings (SSSR count). The van der Waals surface area contributed by atoms with E-state index in [1.807, 2.05) is 6.92 Å². The Morgan fingerprint density at radius 1 is 1.13 bits per heavy atom. The van der Waals surface area contributed by atoms with Crippen molar-refractivity contribution in [1.29, 1.82) is 0 Å². The van der Waals surface area contributed by atoms with Crippen molar-refractivity contribution in [3.05, 3.63) is 11.6 Å². The van der Waals surface area contributed by atoms with Gasteiger partial charge < -0.3 is 5.11 Å². The lowest BCUT2D eigenvalue weighted by Gasteiger charge is -2.58. The average Bonchev–Trinajstić information content (AvgIpc) is 2.78. The Bertz CT molecular complexity index is 606. The molecule has 0 radical (unpaired) electrons. The number of Topliss-reactive ketones (excluding diaryl/α,β-unsaturated/α-hetero) is 1. The first kappa shape index (κ1) is 15.6. The highest BCUT2D eigenvalue weighted by Gasteiger charge is 2.60. The average molecular weight is 316 g/mol. The lowest BCUT2D eigenvalue weighted by atomic mass is 9.46. The highest BCUT2D eigenvalue weighted by Crippen LogP contribution is 2.64. The zero-order chi connectivity index (χ0) is 16.6. The standard InChI is InChI=1S/C20H28O3/c1-11-10-20(3)14-6-7-19(2)13(4-5-18(19)23)12(14)8-17(22)15(20)9-16(11)21/h9,11-14,17,22H,4-8,10H2,1-3H3/t11-,12+,13+,14+,17-,19+,20-/m1/s1. The summed E-state index contributed by atoms with van der Waals surface area (Å²) in [6, 6.07) is 0. The van der Waals surface area contributed by atoms with Gasteiger partial charge in [-0.3, -0.25) is 9.59 Å². The number of carbonyl (C=O) groups is 2. The summed E-state index contributed by atoms with van der Waals surface area (Å²) >= 11 is 0. The molecule has 4 aliphatic carbocycles. The fourth-order valence-corrected chi connectivity index (χ4v) is 6.72. The van der Waals surface area contributed by atoms with Gasteiger partial charge in [0.1, 0.15) is 5.78 Å². The van der Waals surface area contributed by atoms with Crippen molar-refractivity contribution in [2.24, 2.45) is 34.5 Å². The minimum Gasteiger partial charge on any atom is -0.389 e. The van der Waals surface area contributed by atoms with Crippen molar-refractivity contribution >= 4 is 11.6 Å². The van der Waals surface area contributed by atoms with E-state index in [0.29, 0.717) is 23.5 Å². The van der Waals surface area contributed by atoms with Crippen molar-refractivity contribution in [2.75, 3.05) is 0 Å². The Kier molecular flexibility index (Phi) is 3.23. The first-order valence-corrected chi connectivity index (χ1v) is 9.24. The van der Waals surface area contributed by atoms with Gasteiger partial charge in [0.15, 0.2) is 5.78 Å². The Labute approximate surface area is 138 Å². The molecule has 0 aromatic rings. The van der Waals surface area contributed by atoms with Crippen molar-refractivity contribution in [2.45, 2.75) is 65.4 Å². The van der Waals surface area contributed by atoms with Crippen LogP contribution in [-0.4, -0.2) is 22.8 Å². The molecule has 7 atom stereocenters. The van der Waals surface area contributed by atoms with Gasteiger partial charge in [0.2, 0.25) is 0 Å². The number of ketones is 2. The van der Waals surface area contributed by atoms with Gasteiger partial charge in [-0.25, -0.2) is 0 Å². The molecule has 3 saturated carbocycles. The summed E-state index contributed by atoms with van der Waals surface area (Å²) in [6.07, 6.45) is 6.60. The molecule has 1 N–H and O–H groups in total. The molecule has 0 bridgehead atoms. The van der Waals surface area contributed by atoms with E-state index in [1.165, 1.54) is 0 Å². The molecule has 23 heavy (non-hydrogen) atoms. The summed E-state index contributed by atoms with van der Waals surface area (Å²) in [5.41, 5.74) is 0.756. The van der Waals surface area contributed by atoms with Crippen LogP contribution in [0.1, 0.15) is 59.3 Å². The van der Waals surface area contributed by atoms with Crippen molar-refractivity contribution in [3.8, 4) is 0 Å². The molecule has 0 aromatic carbocycles. The molecule has 0 spiro atoms. The maximum absolute atomic E-state index is 12.4. The van der Waals surface area contributed by atoms with E-state index in [-0.39, 0.29) is 22.5 Å². The third kappa shape index (κ3) is 1.92. The lowest BCUT2D eigenvalue weighted by molar-refractivity contribution is -0.135. The van der Waals surface area contributed by atoms with Crippen LogP contribution in [0, 0.1) is 34.5 Å². The number of hydrogen-bond donors (Lipinski definition) is 1. The van der Waals surface area contributed by atoms with Crippen LogP contribution in [0.4, 0.5) is 0 Å². The summed E-state index contributed by atoms with van der Waals surface area (Å²) in [4.78, 5) is 24.6. The van der Waals surface area contributed by atoms with E-state index >= 15 is 0 Å². The maximum atomic E-state index is 12.4. The lowest BCUT2D eigenvalue weighted by Crippen LogP contribution is -2.54. The monoisotopic (exact) mass is 316 g/mol. The third-order valence-electron chi connectivity index (χ3n) is 7.99. The summed E-state index contributed by atoms with van der Waals surface area (Å²) < 4.78 is 0. The molecule has 3 heteroatoms. The van der Waals surface area contributed by atoms with Gasteiger partial charge in [-0.2, -0.15) is 0 Å². The highest BCUT2D eigenvalue weighted by atomic mass is 16.3. The first-order chi connectivity index (χ1) is 10.8. The smallest absolute Gasteiger partial charge is 0.158 e. The molecule has 4 aliphatic rings. The largest absolute Gasteiger partial charge is 0.389 e. The topological polar surface area (TPSA) is 54.4 Å². The predicted molar refractivity (Wildman–Crippen MR) is 87.7 cm³/mol. The predicted octanol–water partition coefficient (Wildman–Crippen LogP) is 3.30. The van der Waals surface area contributed by atoms with Gasteiger partial charge >= 0.3 is 0 Å². The molecule has 0 aromatic heterocycles. The van der Waals surface area contributed by atoms with Crippen LogP contribution >= 0.6 is 0 Å². The second-order valence-corrected chi connectivity index (χ2v) is 9.07. The second kappa shape index (κ2) is 4.78. The second-order valence-electron chi connectivity index (χ2n) is 9.07. The van der Waals surface area contributed by atoms with Crippen LogP contribution < -0.4 is 0 Å². The normalized spacial score (nSPS) is 52.5. The van der Waals surface area contributed by atoms with E-state index in [9.17, 15) is 14.7 Å². The molecule has 0 heterocycles. The summed E-state index contributed by atoms with van der Waals surface area (Å²) in [6.45, 7) is 6.44. The number of rotatable bonds is 0. The minimum atomic E-state index is -0.504. The van der Waals surface area contributed by atoms with Crippen molar-refractivity contribution in [3.63, 3.8) is 0 Å². The molecule has 126 valence electrons. The SMILES string of the molecule is C[C@@H]1C[C@@]2(C)C(=CC1=O)[C@H](O)C[C@@H]1[C@@H]2CC[C@]2(C)C(=O)CC[C@@H]12. The van der Waals surface area contributed by atoms with Gasteiger partial charge in [0.25, 0.3) is 0 Å². The number of aliphatic hydroxyl groups excluding tert-OH is 1. The van der Waals surface area contributed by atoms with E-state index in [0.717, 1.165) is 44.1 Å². The number of carbonyl (C=O) groups excluding carboxylic acids is 2. The zero-order valence-electron chi connectivity index (χ0n) is 14.5. The fraction of sp³-hybridized carbons (Fsp3) is 0.800. The van der Waals surface area contributed by atoms with Crippen LogP contribution in [0.2, 0.25) is 0 Å². The summed E-state index contributed by atoms with van der Waals surface area (Å²) in [5, 5.41) is 10.8. The summed E-state index contributed by atoms with van der Waals surface area (Å²) in [5.74, 6) is 2.03. The molecular formula is C20H28O3. The number of aliphatic hydroxyl groups is 1. The third-order valence-corrected chi connectivity index (χ3v) is 7.99.